The molecule has 0 saturated heterocycles. The van der Waals surface area contributed by atoms with Crippen molar-refractivity contribution in [3.8, 4) is 11.5 Å². The van der Waals surface area contributed by atoms with Crippen LogP contribution in [0.2, 0.25) is 0 Å². The van der Waals surface area contributed by atoms with Crippen molar-refractivity contribution in [1.82, 2.24) is 10.6 Å². The Morgan fingerprint density at radius 3 is 2.74 bits per heavy atom. The van der Waals surface area contributed by atoms with E-state index in [-0.39, 0.29) is 12.1 Å². The van der Waals surface area contributed by atoms with Crippen molar-refractivity contribution in [2.45, 2.75) is 58.3 Å². The van der Waals surface area contributed by atoms with Crippen LogP contribution in [0.3, 0.4) is 0 Å². The zero-order valence-electron chi connectivity index (χ0n) is 22.4. The molecule has 4 N–H and O–H groups in total. The number of urea groups is 1. The van der Waals surface area contributed by atoms with Crippen LogP contribution < -0.4 is 25.4 Å². The van der Waals surface area contributed by atoms with E-state index < -0.39 is 11.9 Å². The molecule has 0 radical (unpaired) electrons. The maximum Gasteiger partial charge on any atom is 0.319 e. The van der Waals surface area contributed by atoms with Crippen molar-refractivity contribution in [1.29, 1.82) is 0 Å². The number of methoxy groups -OCH3 is 1. The summed E-state index contributed by atoms with van der Waals surface area (Å²) in [5.74, 6) is 0.887. The summed E-state index contributed by atoms with van der Waals surface area (Å²) in [5, 5.41) is 19.9. The Morgan fingerprint density at radius 2 is 1.92 bits per heavy atom. The molecule has 8 nitrogen and oxygen atoms in total. The van der Waals surface area contributed by atoms with Crippen LogP contribution in [0.1, 0.15) is 49.1 Å². The lowest BCUT2D eigenvalue weighted by Gasteiger charge is -2.33. The van der Waals surface area contributed by atoms with E-state index in [0.29, 0.717) is 25.4 Å². The summed E-state index contributed by atoms with van der Waals surface area (Å²) in [6.07, 6.45) is 0.0871. The molecule has 8 heteroatoms. The van der Waals surface area contributed by atoms with Gasteiger partial charge in [-0.2, -0.15) is 0 Å². The number of fused-ring (bicyclic) bond motifs is 1. The van der Waals surface area contributed by atoms with Gasteiger partial charge in [-0.3, -0.25) is 0 Å². The fraction of sp³-hybridized carbons (Fsp3) is 0.367. The molecule has 0 aliphatic carbocycles. The number of hydrogen-bond acceptors (Lipinski definition) is 6. The standard InChI is InChI=1S/C30H37N3O5/c1-20(31-18-26(34)22-12-13-28-24(16-22)19-37-30(2,3)38-28)14-21-8-7-10-25(15-21)33-29(35)32-17-23-9-5-6-11-27(23)36-4/h5-13,15-16,20,26,31,34H,14,17-19H2,1-4H3,(H2,32,33,35)/t20-,26+/m1/s1. The molecule has 3 aromatic carbocycles. The number of para-hydroxylation sites is 1. The molecule has 0 bridgehead atoms. The highest BCUT2D eigenvalue weighted by molar-refractivity contribution is 5.89. The van der Waals surface area contributed by atoms with Gasteiger partial charge in [0.25, 0.3) is 0 Å². The average molecular weight is 520 g/mol. The number of amides is 2. The maximum absolute atomic E-state index is 12.4. The molecule has 1 aliphatic rings. The second-order valence-electron chi connectivity index (χ2n) is 10.0. The Bertz CT molecular complexity index is 1250. The molecule has 0 unspecified atom stereocenters. The number of hydrogen-bond donors (Lipinski definition) is 4. The number of rotatable bonds is 10. The predicted octanol–water partition coefficient (Wildman–Crippen LogP) is 4.92. The molecule has 1 aliphatic heterocycles. The van der Waals surface area contributed by atoms with Gasteiger partial charge in [-0.25, -0.2) is 4.79 Å². The predicted molar refractivity (Wildman–Crippen MR) is 147 cm³/mol. The van der Waals surface area contributed by atoms with E-state index in [4.69, 9.17) is 14.2 Å². The van der Waals surface area contributed by atoms with Crippen LogP contribution in [0.25, 0.3) is 0 Å². The second kappa shape index (κ2) is 12.3. The summed E-state index contributed by atoms with van der Waals surface area (Å²) >= 11 is 0. The molecule has 1 heterocycles. The lowest BCUT2D eigenvalue weighted by atomic mass is 10.0. The van der Waals surface area contributed by atoms with Crippen LogP contribution in [0, 0.1) is 0 Å². The summed E-state index contributed by atoms with van der Waals surface area (Å²) in [4.78, 5) is 12.4. The van der Waals surface area contributed by atoms with Crippen LogP contribution >= 0.6 is 0 Å². The monoisotopic (exact) mass is 519 g/mol. The topological polar surface area (TPSA) is 101 Å². The van der Waals surface area contributed by atoms with Gasteiger partial charge in [-0.1, -0.05) is 36.4 Å². The Kier molecular flexibility index (Phi) is 8.89. The van der Waals surface area contributed by atoms with E-state index in [0.717, 1.165) is 40.2 Å². The number of aliphatic hydroxyl groups excluding tert-OH is 1. The number of carbonyl (C=O) groups is 1. The third-order valence-corrected chi connectivity index (χ3v) is 6.42. The largest absolute Gasteiger partial charge is 0.496 e. The van der Waals surface area contributed by atoms with Gasteiger partial charge in [0.2, 0.25) is 5.79 Å². The fourth-order valence-electron chi connectivity index (χ4n) is 4.40. The molecule has 2 amide bonds. The number of carbonyl (C=O) groups excluding carboxylic acids is 1. The maximum atomic E-state index is 12.4. The molecule has 202 valence electrons. The van der Waals surface area contributed by atoms with Crippen molar-refractivity contribution in [2.24, 2.45) is 0 Å². The summed E-state index contributed by atoms with van der Waals surface area (Å²) in [5.41, 5.74) is 4.45. The highest BCUT2D eigenvalue weighted by Crippen LogP contribution is 2.32. The Hall–Kier alpha value is -3.59. The molecule has 4 rings (SSSR count). The van der Waals surface area contributed by atoms with Crippen molar-refractivity contribution in [3.63, 3.8) is 0 Å². The first-order valence-corrected chi connectivity index (χ1v) is 12.9. The highest BCUT2D eigenvalue weighted by Gasteiger charge is 2.27. The van der Waals surface area contributed by atoms with Crippen molar-refractivity contribution < 1.29 is 24.1 Å². The summed E-state index contributed by atoms with van der Waals surface area (Å²) in [6, 6.07) is 20.9. The van der Waals surface area contributed by atoms with E-state index in [1.807, 2.05) is 80.6 Å². The van der Waals surface area contributed by atoms with Crippen molar-refractivity contribution in [2.75, 3.05) is 19.0 Å². The summed E-state index contributed by atoms with van der Waals surface area (Å²) < 4.78 is 16.9. The normalized spacial score (nSPS) is 15.5. The van der Waals surface area contributed by atoms with Gasteiger partial charge >= 0.3 is 6.03 Å². The minimum absolute atomic E-state index is 0.115. The van der Waals surface area contributed by atoms with Crippen molar-refractivity contribution in [3.05, 3.63) is 89.0 Å². The second-order valence-corrected chi connectivity index (χ2v) is 10.0. The van der Waals surface area contributed by atoms with Gasteiger partial charge in [0.1, 0.15) is 11.5 Å². The molecule has 0 aromatic heterocycles. The van der Waals surface area contributed by atoms with E-state index in [2.05, 4.69) is 22.9 Å². The van der Waals surface area contributed by atoms with Gasteiger partial charge in [-0.05, 0) is 54.8 Å². The summed E-state index contributed by atoms with van der Waals surface area (Å²) in [7, 11) is 1.61. The Balaban J connectivity index is 1.25. The zero-order chi connectivity index (χ0) is 27.1. The first kappa shape index (κ1) is 27.4. The van der Waals surface area contributed by atoms with Crippen LogP contribution in [0.4, 0.5) is 10.5 Å². The molecule has 3 aromatic rings. The third-order valence-electron chi connectivity index (χ3n) is 6.42. The third kappa shape index (κ3) is 7.47. The molecular weight excluding hydrogens is 482 g/mol. The van der Waals surface area contributed by atoms with E-state index in [1.165, 1.54) is 0 Å². The van der Waals surface area contributed by atoms with Gasteiger partial charge in [-0.15, -0.1) is 0 Å². The van der Waals surface area contributed by atoms with Gasteiger partial charge in [0, 0.05) is 49.8 Å². The fourth-order valence-corrected chi connectivity index (χ4v) is 4.40. The smallest absolute Gasteiger partial charge is 0.319 e. The first-order valence-electron chi connectivity index (χ1n) is 12.9. The molecule has 0 fully saturated rings. The van der Waals surface area contributed by atoms with Crippen LogP contribution in [0.5, 0.6) is 11.5 Å². The average Bonchev–Trinajstić information content (AvgIpc) is 2.90. The van der Waals surface area contributed by atoms with Gasteiger partial charge in [0.05, 0.1) is 19.8 Å². The van der Waals surface area contributed by atoms with Crippen LogP contribution in [0.15, 0.2) is 66.7 Å². The molecular formula is C30H37N3O5. The molecule has 38 heavy (non-hydrogen) atoms. The van der Waals surface area contributed by atoms with E-state index in [9.17, 15) is 9.90 Å². The minimum atomic E-state index is -0.655. The van der Waals surface area contributed by atoms with Crippen LogP contribution in [-0.4, -0.2) is 36.6 Å². The SMILES string of the molecule is COc1ccccc1CNC(=O)Nc1cccc(C[C@@H](C)NC[C@H](O)c2ccc3c(c2)COC(C)(C)O3)c1. The van der Waals surface area contributed by atoms with Gasteiger partial charge < -0.3 is 35.3 Å². The number of nitrogens with one attached hydrogen (secondary N) is 3. The number of aliphatic hydroxyl groups is 1. The lowest BCUT2D eigenvalue weighted by molar-refractivity contribution is -0.180. The highest BCUT2D eigenvalue weighted by atomic mass is 16.7. The minimum Gasteiger partial charge on any atom is -0.496 e. The number of ether oxygens (including phenoxy) is 3. The van der Waals surface area contributed by atoms with Crippen molar-refractivity contribution >= 4 is 11.7 Å². The number of benzene rings is 3. The Labute approximate surface area is 224 Å². The van der Waals surface area contributed by atoms with E-state index in [1.54, 1.807) is 7.11 Å². The zero-order valence-corrected chi connectivity index (χ0v) is 22.4. The summed E-state index contributed by atoms with van der Waals surface area (Å²) in [6.45, 7) is 7.07. The van der Waals surface area contributed by atoms with E-state index >= 15 is 0 Å². The molecule has 0 saturated carbocycles. The Morgan fingerprint density at radius 1 is 1.11 bits per heavy atom. The first-order chi connectivity index (χ1) is 18.2. The molecule has 0 spiro atoms. The lowest BCUT2D eigenvalue weighted by Crippen LogP contribution is -2.35. The van der Waals surface area contributed by atoms with Gasteiger partial charge in [0.15, 0.2) is 0 Å². The number of anilines is 1. The van der Waals surface area contributed by atoms with Crippen LogP contribution in [-0.2, 0) is 24.3 Å². The molecule has 2 atom stereocenters. The quantitative estimate of drug-likeness (QED) is 0.304.